The van der Waals surface area contributed by atoms with Crippen molar-refractivity contribution in [1.29, 1.82) is 5.26 Å². The van der Waals surface area contributed by atoms with Gasteiger partial charge in [0.25, 0.3) is 0 Å². The number of halogens is 1. The molecule has 0 bridgehead atoms. The topological polar surface area (TPSA) is 130 Å². The summed E-state index contributed by atoms with van der Waals surface area (Å²) in [5, 5.41) is 22.7. The number of hydrogen-bond donors (Lipinski definition) is 2. The second-order valence-electron chi connectivity index (χ2n) is 14.1. The molecule has 5 aromatic rings. The average Bonchev–Trinajstić information content (AvgIpc) is 3.21. The first-order valence-corrected chi connectivity index (χ1v) is 19.5. The van der Waals surface area contributed by atoms with Gasteiger partial charge in [0.2, 0.25) is 0 Å². The molecule has 290 valence electrons. The van der Waals surface area contributed by atoms with Crippen LogP contribution in [-0.2, 0) is 31.0 Å². The molecule has 1 aliphatic heterocycles. The molecule has 2 N–H and O–H groups in total. The second kappa shape index (κ2) is 19.9. The molecule has 0 radical (unpaired) electrons. The summed E-state index contributed by atoms with van der Waals surface area (Å²) >= 11 is 6.88. The highest BCUT2D eigenvalue weighted by molar-refractivity contribution is 6.32. The molecule has 0 amide bonds. The van der Waals surface area contributed by atoms with Crippen LogP contribution in [0.5, 0.6) is 17.2 Å². The van der Waals surface area contributed by atoms with Crippen molar-refractivity contribution in [2.45, 2.75) is 71.8 Å². The molecule has 56 heavy (non-hydrogen) atoms. The number of benzene rings is 3. The number of nitrogens with zero attached hydrogens (tertiary/aromatic N) is 4. The van der Waals surface area contributed by atoms with Gasteiger partial charge in [0.1, 0.15) is 42.6 Å². The van der Waals surface area contributed by atoms with Crippen LogP contribution in [0, 0.1) is 25.2 Å². The largest absolute Gasteiger partial charge is 0.493 e. The molecule has 3 aromatic carbocycles. The molecule has 1 saturated heterocycles. The minimum absolute atomic E-state index is 0.259. The Morgan fingerprint density at radius 2 is 1.61 bits per heavy atom. The van der Waals surface area contributed by atoms with Gasteiger partial charge in [-0.05, 0) is 123 Å². The Bertz CT molecular complexity index is 2130. The first kappa shape index (κ1) is 40.2. The van der Waals surface area contributed by atoms with Crippen molar-refractivity contribution in [3.63, 3.8) is 0 Å². The minimum atomic E-state index is -0.884. The van der Waals surface area contributed by atoms with E-state index >= 15 is 0 Å². The third kappa shape index (κ3) is 10.8. The van der Waals surface area contributed by atoms with Crippen LogP contribution in [0.15, 0.2) is 91.5 Å². The number of aromatic nitrogens is 2. The van der Waals surface area contributed by atoms with Gasteiger partial charge in [0.05, 0.1) is 17.2 Å². The summed E-state index contributed by atoms with van der Waals surface area (Å²) < 4.78 is 19.0. The van der Waals surface area contributed by atoms with Crippen molar-refractivity contribution in [2.75, 3.05) is 26.2 Å². The minimum Gasteiger partial charge on any atom is -0.493 e. The zero-order chi connectivity index (χ0) is 39.3. The van der Waals surface area contributed by atoms with E-state index in [2.05, 4.69) is 58.3 Å². The number of ether oxygens (including phenoxy) is 3. The van der Waals surface area contributed by atoms with E-state index in [1.807, 2.05) is 42.5 Å². The molecule has 1 fully saturated rings. The van der Waals surface area contributed by atoms with Crippen LogP contribution in [-0.4, -0.2) is 58.2 Å². The summed E-state index contributed by atoms with van der Waals surface area (Å²) in [6.45, 7) is 8.46. The van der Waals surface area contributed by atoms with Crippen molar-refractivity contribution in [3.05, 3.63) is 135 Å². The number of pyridine rings is 2. The first-order chi connectivity index (χ1) is 27.3. The van der Waals surface area contributed by atoms with Gasteiger partial charge >= 0.3 is 5.97 Å². The van der Waals surface area contributed by atoms with E-state index in [1.165, 1.54) is 25.5 Å². The fourth-order valence-electron chi connectivity index (χ4n) is 6.97. The van der Waals surface area contributed by atoms with E-state index < -0.39 is 12.0 Å². The van der Waals surface area contributed by atoms with E-state index in [-0.39, 0.29) is 6.61 Å². The number of carboxylic acid groups (broad SMARTS) is 1. The summed E-state index contributed by atoms with van der Waals surface area (Å²) in [5.41, 5.74) is 8.48. The number of nitrogens with one attached hydrogen (secondary N) is 1. The molecule has 6 rings (SSSR count). The van der Waals surface area contributed by atoms with Gasteiger partial charge in [-0.2, -0.15) is 5.26 Å². The van der Waals surface area contributed by atoms with Crippen LogP contribution in [0.4, 0.5) is 0 Å². The number of hydrogen-bond acceptors (Lipinski definition) is 9. The molecule has 1 unspecified atom stereocenters. The Hall–Kier alpha value is -5.47. The number of piperidine rings is 1. The van der Waals surface area contributed by atoms with Crippen molar-refractivity contribution in [2.24, 2.45) is 0 Å². The van der Waals surface area contributed by atoms with Crippen molar-refractivity contribution < 1.29 is 24.1 Å². The average molecular weight is 774 g/mol. The maximum atomic E-state index is 11.8. The zero-order valence-corrected chi connectivity index (χ0v) is 32.7. The molecule has 1 aliphatic rings. The van der Waals surface area contributed by atoms with Crippen LogP contribution in [0.3, 0.4) is 0 Å². The fourth-order valence-corrected chi connectivity index (χ4v) is 7.21. The molecular formula is C45H48ClN5O5. The molecular weight excluding hydrogens is 726 g/mol. The predicted molar refractivity (Wildman–Crippen MR) is 217 cm³/mol. The Morgan fingerprint density at radius 3 is 2.38 bits per heavy atom. The van der Waals surface area contributed by atoms with Crippen LogP contribution in [0.2, 0.25) is 5.02 Å². The number of carbonyl (C=O) groups is 1. The number of carboxylic acids is 1. The Labute approximate surface area is 334 Å². The molecule has 10 nitrogen and oxygen atoms in total. The van der Waals surface area contributed by atoms with Gasteiger partial charge in [-0.1, -0.05) is 48.4 Å². The van der Waals surface area contributed by atoms with E-state index in [9.17, 15) is 15.2 Å². The summed E-state index contributed by atoms with van der Waals surface area (Å²) in [5.74, 6) is 1.13. The van der Waals surface area contributed by atoms with Gasteiger partial charge in [-0.15, -0.1) is 0 Å². The highest BCUT2D eigenvalue weighted by Crippen LogP contribution is 2.37. The third-order valence-electron chi connectivity index (χ3n) is 10.1. The SMILES string of the molecule is Cc1c(COc2cc(OCc3cncc(C#N)c3)c(CN3CCCCC3)cc2Cl)cccc1-c1cccc(OCCCNC(Cc2ccncc2)C(=O)O)c1C. The smallest absolute Gasteiger partial charge is 0.321 e. The molecule has 1 atom stereocenters. The van der Waals surface area contributed by atoms with Crippen molar-refractivity contribution >= 4 is 17.6 Å². The zero-order valence-electron chi connectivity index (χ0n) is 32.0. The highest BCUT2D eigenvalue weighted by atomic mass is 35.5. The molecule has 0 spiro atoms. The summed E-state index contributed by atoms with van der Waals surface area (Å²) in [6, 6.07) is 23.0. The molecule has 2 aromatic heterocycles. The number of rotatable bonds is 18. The lowest BCUT2D eigenvalue weighted by atomic mass is 9.93. The summed E-state index contributed by atoms with van der Waals surface area (Å²) in [7, 11) is 0. The van der Waals surface area contributed by atoms with Gasteiger partial charge in [0.15, 0.2) is 0 Å². The van der Waals surface area contributed by atoms with E-state index in [4.69, 9.17) is 25.8 Å². The van der Waals surface area contributed by atoms with Crippen LogP contribution >= 0.6 is 11.6 Å². The fraction of sp³-hybridized carbons (Fsp3) is 0.333. The van der Waals surface area contributed by atoms with Crippen LogP contribution in [0.25, 0.3) is 11.1 Å². The quantitative estimate of drug-likeness (QED) is 0.0837. The van der Waals surface area contributed by atoms with Gasteiger partial charge in [-0.25, -0.2) is 0 Å². The molecule has 0 saturated carbocycles. The van der Waals surface area contributed by atoms with Crippen molar-refractivity contribution in [3.8, 4) is 34.4 Å². The lowest BCUT2D eigenvalue weighted by Crippen LogP contribution is -2.39. The normalized spacial score (nSPS) is 13.5. The molecule has 11 heteroatoms. The first-order valence-electron chi connectivity index (χ1n) is 19.1. The monoisotopic (exact) mass is 773 g/mol. The lowest BCUT2D eigenvalue weighted by molar-refractivity contribution is -0.139. The Morgan fingerprint density at radius 1 is 0.857 bits per heavy atom. The number of likely N-dealkylation sites (tertiary alicyclic amines) is 1. The lowest BCUT2D eigenvalue weighted by Gasteiger charge is -2.27. The van der Waals surface area contributed by atoms with Gasteiger partial charge in [-0.3, -0.25) is 19.7 Å². The number of nitriles is 1. The van der Waals surface area contributed by atoms with Gasteiger partial charge < -0.3 is 24.6 Å². The van der Waals surface area contributed by atoms with E-state index in [0.29, 0.717) is 54.7 Å². The van der Waals surface area contributed by atoms with E-state index in [0.717, 1.165) is 69.9 Å². The third-order valence-corrected chi connectivity index (χ3v) is 10.4. The van der Waals surface area contributed by atoms with Crippen LogP contribution in [0.1, 0.15) is 64.6 Å². The highest BCUT2D eigenvalue weighted by Gasteiger charge is 2.19. The Balaban J connectivity index is 1.11. The standard InChI is InChI=1S/C45H48ClN5O5/c1-31-36(30-56-44-24-43(55-29-35-21-34(25-47)26-49-27-35)37(23-40(44)46)28-51-18-4-3-5-19-51)9-6-10-38(31)39-11-7-12-42(32(39)2)54-20-8-15-50-41(45(52)53)22-33-13-16-48-17-14-33/h6-7,9-14,16-17,21,23-24,26-27,41,50H,3-5,8,15,18-20,22,28-30H2,1-2H3,(H,52,53). The summed E-state index contributed by atoms with van der Waals surface area (Å²) in [6.07, 6.45) is 11.2. The van der Waals surface area contributed by atoms with Gasteiger partial charge in [0, 0.05) is 48.5 Å². The Kier molecular flexibility index (Phi) is 14.3. The van der Waals surface area contributed by atoms with Crippen LogP contribution < -0.4 is 19.5 Å². The molecule has 3 heterocycles. The maximum Gasteiger partial charge on any atom is 0.321 e. The van der Waals surface area contributed by atoms with Crippen molar-refractivity contribution in [1.82, 2.24) is 20.2 Å². The second-order valence-corrected chi connectivity index (χ2v) is 14.5. The summed E-state index contributed by atoms with van der Waals surface area (Å²) in [4.78, 5) is 22.4. The molecule has 0 aliphatic carbocycles. The predicted octanol–water partition coefficient (Wildman–Crippen LogP) is 8.48. The number of aliphatic carboxylic acids is 1. The maximum absolute atomic E-state index is 11.8. The van der Waals surface area contributed by atoms with E-state index in [1.54, 1.807) is 24.7 Å².